The van der Waals surface area contributed by atoms with E-state index in [4.69, 9.17) is 9.92 Å². The maximum absolute atomic E-state index is 13.5. The molecule has 0 heterocycles. The molecule has 1 aliphatic rings. The quantitative estimate of drug-likeness (QED) is 0.134. The van der Waals surface area contributed by atoms with Gasteiger partial charge in [-0.05, 0) is 61.2 Å². The normalized spacial score (nSPS) is 14.3. The molecule has 1 atom stereocenters. The number of fused-ring (bicyclic) bond motifs is 2. The van der Waals surface area contributed by atoms with Crippen LogP contribution in [-0.2, 0) is 31.4 Å². The van der Waals surface area contributed by atoms with Crippen LogP contribution >= 0.6 is 0 Å². The van der Waals surface area contributed by atoms with Gasteiger partial charge in [-0.25, -0.2) is 8.42 Å². The first kappa shape index (κ1) is 38.5. The minimum absolute atomic E-state index is 0.0132. The maximum Gasteiger partial charge on any atom is 0.339 e. The van der Waals surface area contributed by atoms with E-state index in [1.807, 2.05) is 62.3 Å². The molecule has 5 aromatic carbocycles. The molecule has 0 amide bonds. The van der Waals surface area contributed by atoms with E-state index in [0.717, 1.165) is 16.8 Å². The van der Waals surface area contributed by atoms with Crippen LogP contribution < -0.4 is 24.4 Å². The van der Waals surface area contributed by atoms with Gasteiger partial charge in [0.15, 0.2) is 0 Å². The molecule has 276 valence electrons. The number of nitrogens with zero attached hydrogens (tertiary/aromatic N) is 2. The first-order valence-electron chi connectivity index (χ1n) is 17.1. The zero-order chi connectivity index (χ0) is 37.6. The van der Waals surface area contributed by atoms with Crippen LogP contribution in [-0.4, -0.2) is 68.2 Å². The number of aliphatic carboxylic acids is 1. The summed E-state index contributed by atoms with van der Waals surface area (Å²) >= 11 is 0. The Kier molecular flexibility index (Phi) is 12.1. The van der Waals surface area contributed by atoms with Crippen molar-refractivity contribution in [2.45, 2.75) is 60.4 Å². The summed E-state index contributed by atoms with van der Waals surface area (Å²) in [5.74, 6) is -1.33. The highest BCUT2D eigenvalue weighted by atomic mass is 32.2. The standard InChI is InChI=1S/C33H33N3O7S2.C6H13N/c1-35(2)29-13-5-11-26-24(29)9-7-15-31(26)44(39,40)34-28(33(37)38)21-22-17-19-23(20-18-22)43-45(41,42)32-16-8-10-25-27(32)12-6-14-30(25)36(3)4;7-6-4-2-1-3-5-6/h5-20,28,34H,21H2,1-4H3,(H,37,38);6H,1-5,7H2/t28-;/m0./s1. The third-order valence-corrected chi connectivity index (χ3v) is 11.9. The van der Waals surface area contributed by atoms with E-state index in [-0.39, 0.29) is 22.0 Å². The summed E-state index contributed by atoms with van der Waals surface area (Å²) in [4.78, 5) is 15.9. The van der Waals surface area contributed by atoms with E-state index in [9.17, 15) is 26.7 Å². The van der Waals surface area contributed by atoms with Crippen LogP contribution in [0.4, 0.5) is 11.4 Å². The Bertz CT molecular complexity index is 2250. The van der Waals surface area contributed by atoms with Crippen LogP contribution in [0, 0.1) is 0 Å². The van der Waals surface area contributed by atoms with Crippen molar-refractivity contribution in [1.29, 1.82) is 0 Å². The third-order valence-electron chi connectivity index (χ3n) is 9.06. The molecule has 11 nitrogen and oxygen atoms in total. The van der Waals surface area contributed by atoms with Gasteiger partial charge in [0, 0.05) is 67.2 Å². The molecule has 4 N–H and O–H groups in total. The van der Waals surface area contributed by atoms with Gasteiger partial charge < -0.3 is 24.8 Å². The zero-order valence-corrected chi connectivity index (χ0v) is 31.5. The predicted octanol–water partition coefficient (Wildman–Crippen LogP) is 6.14. The van der Waals surface area contributed by atoms with Crippen molar-refractivity contribution in [3.8, 4) is 5.75 Å². The van der Waals surface area contributed by atoms with Crippen molar-refractivity contribution in [3.05, 3.63) is 103 Å². The van der Waals surface area contributed by atoms with Crippen LogP contribution in [0.3, 0.4) is 0 Å². The lowest BCUT2D eigenvalue weighted by Crippen LogP contribution is -2.42. The number of carbonyl (C=O) groups is 1. The topological polar surface area (TPSA) is 159 Å². The molecule has 1 fully saturated rings. The molecule has 5 aromatic rings. The average Bonchev–Trinajstić information content (AvgIpc) is 3.11. The van der Waals surface area contributed by atoms with Gasteiger partial charge in [0.25, 0.3) is 0 Å². The number of carboxylic acids is 1. The number of sulfonamides is 1. The Labute approximate surface area is 306 Å². The second-order valence-electron chi connectivity index (χ2n) is 13.3. The second kappa shape index (κ2) is 16.3. The lowest BCUT2D eigenvalue weighted by atomic mass is 9.97. The van der Waals surface area contributed by atoms with Gasteiger partial charge in [-0.1, -0.05) is 79.9 Å². The number of hydrogen-bond acceptors (Lipinski definition) is 9. The zero-order valence-electron chi connectivity index (χ0n) is 29.8. The maximum atomic E-state index is 13.5. The smallest absolute Gasteiger partial charge is 0.339 e. The molecule has 0 saturated heterocycles. The molecule has 1 saturated carbocycles. The van der Waals surface area contributed by atoms with E-state index in [1.54, 1.807) is 36.4 Å². The molecular formula is C39H46N4O7S2. The minimum Gasteiger partial charge on any atom is -0.480 e. The predicted molar refractivity (Wildman–Crippen MR) is 207 cm³/mol. The van der Waals surface area contributed by atoms with Crippen LogP contribution in [0.2, 0.25) is 0 Å². The number of hydrogen-bond donors (Lipinski definition) is 3. The molecule has 0 aromatic heterocycles. The summed E-state index contributed by atoms with van der Waals surface area (Å²) in [6, 6.07) is 25.4. The van der Waals surface area contributed by atoms with Crippen molar-refractivity contribution in [2.24, 2.45) is 5.73 Å². The Balaban J connectivity index is 0.000000668. The molecule has 13 heteroatoms. The largest absolute Gasteiger partial charge is 0.480 e. The molecule has 1 aliphatic carbocycles. The van der Waals surface area contributed by atoms with E-state index in [2.05, 4.69) is 4.72 Å². The van der Waals surface area contributed by atoms with Crippen LogP contribution in [0.1, 0.15) is 37.7 Å². The molecule has 0 bridgehead atoms. The summed E-state index contributed by atoms with van der Waals surface area (Å²) in [5, 5.41) is 12.4. The van der Waals surface area contributed by atoms with Crippen LogP contribution in [0.15, 0.2) is 107 Å². The van der Waals surface area contributed by atoms with Crippen molar-refractivity contribution >= 4 is 59.0 Å². The van der Waals surface area contributed by atoms with Gasteiger partial charge in [-0.3, -0.25) is 4.79 Å². The lowest BCUT2D eigenvalue weighted by molar-refractivity contribution is -0.138. The van der Waals surface area contributed by atoms with Crippen LogP contribution in [0.25, 0.3) is 21.5 Å². The monoisotopic (exact) mass is 746 g/mol. The number of anilines is 2. The van der Waals surface area contributed by atoms with Gasteiger partial charge in [-0.15, -0.1) is 0 Å². The van der Waals surface area contributed by atoms with E-state index < -0.39 is 32.2 Å². The molecule has 0 unspecified atom stereocenters. The van der Waals surface area contributed by atoms with Crippen LogP contribution in [0.5, 0.6) is 5.75 Å². The number of benzene rings is 5. The number of carboxylic acid groups (broad SMARTS) is 1. The highest BCUT2D eigenvalue weighted by Crippen LogP contribution is 2.33. The average molecular weight is 747 g/mol. The highest BCUT2D eigenvalue weighted by molar-refractivity contribution is 7.89. The number of rotatable bonds is 11. The van der Waals surface area contributed by atoms with Gasteiger partial charge in [0.05, 0.1) is 4.90 Å². The fraction of sp³-hybridized carbons (Fsp3) is 0.308. The summed E-state index contributed by atoms with van der Waals surface area (Å²) in [7, 11) is -1.01. The van der Waals surface area contributed by atoms with Gasteiger partial charge in [0.2, 0.25) is 10.0 Å². The Hall–Kier alpha value is -4.69. The molecule has 0 aliphatic heterocycles. The Morgan fingerprint density at radius 3 is 1.69 bits per heavy atom. The van der Waals surface area contributed by atoms with Gasteiger partial charge >= 0.3 is 16.1 Å². The number of nitrogens with two attached hydrogens (primary N) is 1. The summed E-state index contributed by atoms with van der Waals surface area (Å²) in [5.41, 5.74) is 7.78. The van der Waals surface area contributed by atoms with Crippen molar-refractivity contribution in [2.75, 3.05) is 38.0 Å². The van der Waals surface area contributed by atoms with Gasteiger partial charge in [-0.2, -0.15) is 13.1 Å². The molecular weight excluding hydrogens is 701 g/mol. The summed E-state index contributed by atoms with van der Waals surface area (Å²) < 4.78 is 61.3. The molecule has 0 radical (unpaired) electrons. The molecule has 0 spiro atoms. The fourth-order valence-corrected chi connectivity index (χ4v) is 8.97. The van der Waals surface area contributed by atoms with Gasteiger partial charge in [0.1, 0.15) is 16.7 Å². The Morgan fingerprint density at radius 1 is 0.731 bits per heavy atom. The Morgan fingerprint density at radius 2 is 1.21 bits per heavy atom. The van der Waals surface area contributed by atoms with Crippen molar-refractivity contribution < 1.29 is 30.9 Å². The first-order chi connectivity index (χ1) is 24.7. The second-order valence-corrected chi connectivity index (χ2v) is 16.5. The summed E-state index contributed by atoms with van der Waals surface area (Å²) in [6.45, 7) is 0. The minimum atomic E-state index is -4.24. The number of nitrogens with one attached hydrogen (secondary N) is 1. The van der Waals surface area contributed by atoms with E-state index in [0.29, 0.717) is 27.8 Å². The van der Waals surface area contributed by atoms with Crippen molar-refractivity contribution in [3.63, 3.8) is 0 Å². The third kappa shape index (κ3) is 9.02. The molecule has 52 heavy (non-hydrogen) atoms. The van der Waals surface area contributed by atoms with E-state index >= 15 is 0 Å². The fourth-order valence-electron chi connectivity index (χ4n) is 6.41. The highest BCUT2D eigenvalue weighted by Gasteiger charge is 2.28. The summed E-state index contributed by atoms with van der Waals surface area (Å²) in [6.07, 6.45) is 6.47. The first-order valence-corrected chi connectivity index (χ1v) is 20.0. The van der Waals surface area contributed by atoms with Crippen molar-refractivity contribution in [1.82, 2.24) is 4.72 Å². The molecule has 6 rings (SSSR count). The van der Waals surface area contributed by atoms with E-state index in [1.165, 1.54) is 68.5 Å². The SMILES string of the molecule is CN(C)c1cccc2c(S(=O)(=O)N[C@@H](Cc3ccc(OS(=O)(=O)c4cccc5c(N(C)C)cccc45)cc3)C(=O)O)cccc12.NC1CCCCC1. The lowest BCUT2D eigenvalue weighted by Gasteiger charge is -2.19.